The maximum Gasteiger partial charge on any atom is 0.273 e. The number of aliphatic carboxylic acids is 1. The SMILES string of the molecule is Cc1ccc(C(=O)Nc2cnn(CCCC(=O)[O-])c2)cc1[N+](=O)[O-]. The minimum Gasteiger partial charge on any atom is -0.550 e. The van der Waals surface area contributed by atoms with Gasteiger partial charge in [0.1, 0.15) is 0 Å². The number of amides is 1. The topological polar surface area (TPSA) is 130 Å². The number of aryl methyl sites for hydroxylation is 2. The number of carbonyl (C=O) groups is 2. The van der Waals surface area contributed by atoms with Crippen molar-refractivity contribution in [3.05, 3.63) is 51.8 Å². The Morgan fingerprint density at radius 2 is 2.12 bits per heavy atom. The van der Waals surface area contributed by atoms with Crippen molar-refractivity contribution in [3.8, 4) is 0 Å². The number of aromatic nitrogens is 2. The molecular weight excluding hydrogens is 316 g/mol. The van der Waals surface area contributed by atoms with E-state index >= 15 is 0 Å². The molecule has 9 nitrogen and oxygen atoms in total. The zero-order valence-corrected chi connectivity index (χ0v) is 12.9. The van der Waals surface area contributed by atoms with Gasteiger partial charge in [-0.1, -0.05) is 6.07 Å². The highest BCUT2D eigenvalue weighted by Crippen LogP contribution is 2.20. The lowest BCUT2D eigenvalue weighted by atomic mass is 10.1. The summed E-state index contributed by atoms with van der Waals surface area (Å²) in [5, 5.41) is 27.9. The number of carbonyl (C=O) groups excluding carboxylic acids is 2. The predicted octanol–water partition coefficient (Wildman–Crippen LogP) is 0.882. The monoisotopic (exact) mass is 331 g/mol. The number of hydrogen-bond acceptors (Lipinski definition) is 6. The molecule has 0 atom stereocenters. The Balaban J connectivity index is 2.02. The van der Waals surface area contributed by atoms with Crippen molar-refractivity contribution in [2.45, 2.75) is 26.3 Å². The maximum absolute atomic E-state index is 12.2. The Hall–Kier alpha value is -3.23. The van der Waals surface area contributed by atoms with E-state index in [9.17, 15) is 24.8 Å². The molecule has 0 spiro atoms. The van der Waals surface area contributed by atoms with Crippen LogP contribution in [0.4, 0.5) is 11.4 Å². The molecule has 0 saturated carbocycles. The summed E-state index contributed by atoms with van der Waals surface area (Å²) in [4.78, 5) is 32.9. The highest BCUT2D eigenvalue weighted by atomic mass is 16.6. The summed E-state index contributed by atoms with van der Waals surface area (Å²) in [6.45, 7) is 1.97. The second kappa shape index (κ2) is 7.36. The number of anilines is 1. The van der Waals surface area contributed by atoms with Crippen molar-refractivity contribution in [2.75, 3.05) is 5.32 Å². The van der Waals surface area contributed by atoms with Crippen molar-refractivity contribution < 1.29 is 19.6 Å². The fourth-order valence-corrected chi connectivity index (χ4v) is 2.09. The van der Waals surface area contributed by atoms with E-state index in [2.05, 4.69) is 10.4 Å². The molecule has 1 aromatic carbocycles. The number of benzene rings is 1. The summed E-state index contributed by atoms with van der Waals surface area (Å²) < 4.78 is 1.50. The molecule has 0 aliphatic rings. The molecule has 1 heterocycles. The molecule has 9 heteroatoms. The van der Waals surface area contributed by atoms with Gasteiger partial charge in [-0.2, -0.15) is 5.10 Å². The summed E-state index contributed by atoms with van der Waals surface area (Å²) in [5.41, 5.74) is 0.923. The first-order valence-electron chi connectivity index (χ1n) is 7.15. The number of carboxylic acids is 1. The van der Waals surface area contributed by atoms with Crippen LogP contribution < -0.4 is 10.4 Å². The number of nitro benzene ring substituents is 1. The number of rotatable bonds is 7. The van der Waals surface area contributed by atoms with Crippen LogP contribution in [-0.2, 0) is 11.3 Å². The van der Waals surface area contributed by atoms with E-state index in [0.29, 0.717) is 24.2 Å². The Labute approximate surface area is 137 Å². The second-order valence-corrected chi connectivity index (χ2v) is 5.18. The zero-order valence-electron chi connectivity index (χ0n) is 12.9. The first kappa shape index (κ1) is 17.1. The van der Waals surface area contributed by atoms with Crippen LogP contribution in [0.3, 0.4) is 0 Å². The van der Waals surface area contributed by atoms with E-state index in [1.54, 1.807) is 13.1 Å². The van der Waals surface area contributed by atoms with Crippen LogP contribution in [0.15, 0.2) is 30.6 Å². The van der Waals surface area contributed by atoms with Crippen molar-refractivity contribution in [3.63, 3.8) is 0 Å². The van der Waals surface area contributed by atoms with Crippen molar-refractivity contribution in [1.82, 2.24) is 9.78 Å². The van der Waals surface area contributed by atoms with Crippen LogP contribution in [0.5, 0.6) is 0 Å². The van der Waals surface area contributed by atoms with Gasteiger partial charge in [0.2, 0.25) is 0 Å². The third kappa shape index (κ3) is 4.38. The second-order valence-electron chi connectivity index (χ2n) is 5.18. The molecule has 2 rings (SSSR count). The third-order valence-corrected chi connectivity index (χ3v) is 3.33. The Bertz CT molecular complexity index is 784. The van der Waals surface area contributed by atoms with Crippen molar-refractivity contribution >= 4 is 23.3 Å². The van der Waals surface area contributed by atoms with Gasteiger partial charge in [0, 0.05) is 35.9 Å². The van der Waals surface area contributed by atoms with Gasteiger partial charge in [0.25, 0.3) is 11.6 Å². The average molecular weight is 331 g/mol. The van der Waals surface area contributed by atoms with E-state index in [0.717, 1.165) is 0 Å². The molecule has 2 aromatic rings. The third-order valence-electron chi connectivity index (χ3n) is 3.33. The molecule has 0 unspecified atom stereocenters. The summed E-state index contributed by atoms with van der Waals surface area (Å²) in [6, 6.07) is 4.23. The van der Waals surface area contributed by atoms with E-state index in [4.69, 9.17) is 0 Å². The molecule has 126 valence electrons. The Morgan fingerprint density at radius 1 is 1.38 bits per heavy atom. The lowest BCUT2D eigenvalue weighted by Crippen LogP contribution is -2.22. The largest absolute Gasteiger partial charge is 0.550 e. The molecule has 0 bridgehead atoms. The predicted molar refractivity (Wildman–Crippen MR) is 82.3 cm³/mol. The fraction of sp³-hybridized carbons (Fsp3) is 0.267. The summed E-state index contributed by atoms with van der Waals surface area (Å²) >= 11 is 0. The van der Waals surface area contributed by atoms with Gasteiger partial charge in [-0.05, 0) is 25.8 Å². The Kier molecular flexibility index (Phi) is 5.25. The molecule has 0 saturated heterocycles. The maximum atomic E-state index is 12.2. The van der Waals surface area contributed by atoms with Gasteiger partial charge >= 0.3 is 0 Å². The molecular formula is C15H15N4O5-. The minimum atomic E-state index is -1.13. The normalized spacial score (nSPS) is 10.4. The van der Waals surface area contributed by atoms with E-state index < -0.39 is 16.8 Å². The molecule has 0 radical (unpaired) electrons. The van der Waals surface area contributed by atoms with E-state index in [-0.39, 0.29) is 17.7 Å². The molecule has 0 aliphatic heterocycles. The summed E-state index contributed by atoms with van der Waals surface area (Å²) in [6.07, 6.45) is 3.26. The number of nitrogens with zero attached hydrogens (tertiary/aromatic N) is 3. The van der Waals surface area contributed by atoms with Crippen LogP contribution >= 0.6 is 0 Å². The van der Waals surface area contributed by atoms with Crippen LogP contribution in [0.1, 0.15) is 28.8 Å². The van der Waals surface area contributed by atoms with Crippen LogP contribution in [0, 0.1) is 17.0 Å². The van der Waals surface area contributed by atoms with Gasteiger partial charge in [0.05, 0.1) is 16.8 Å². The lowest BCUT2D eigenvalue weighted by molar-refractivity contribution is -0.385. The molecule has 1 N–H and O–H groups in total. The van der Waals surface area contributed by atoms with Gasteiger partial charge in [-0.15, -0.1) is 0 Å². The Morgan fingerprint density at radius 3 is 2.79 bits per heavy atom. The summed E-state index contributed by atoms with van der Waals surface area (Å²) in [7, 11) is 0. The van der Waals surface area contributed by atoms with Crippen LogP contribution in [0.25, 0.3) is 0 Å². The van der Waals surface area contributed by atoms with E-state index in [1.165, 1.54) is 29.1 Å². The summed E-state index contributed by atoms with van der Waals surface area (Å²) in [5.74, 6) is -1.62. The van der Waals surface area contributed by atoms with E-state index in [1.807, 2.05) is 0 Å². The quantitative estimate of drug-likeness (QED) is 0.592. The molecule has 1 aromatic heterocycles. The van der Waals surface area contributed by atoms with Gasteiger partial charge in [-0.3, -0.25) is 19.6 Å². The molecule has 0 aliphatic carbocycles. The number of nitro groups is 1. The van der Waals surface area contributed by atoms with Crippen LogP contribution in [-0.4, -0.2) is 26.6 Å². The van der Waals surface area contributed by atoms with Gasteiger partial charge < -0.3 is 15.2 Å². The highest BCUT2D eigenvalue weighted by Gasteiger charge is 2.15. The standard InChI is InChI=1S/C15H16N4O5/c1-10-4-5-11(7-13(10)19(23)24)15(22)17-12-8-16-18(9-12)6-2-3-14(20)21/h4-5,7-9H,2-3,6H2,1H3,(H,17,22)(H,20,21)/p-1. The average Bonchev–Trinajstić information content (AvgIpc) is 2.94. The van der Waals surface area contributed by atoms with Gasteiger partial charge in [-0.25, -0.2) is 0 Å². The minimum absolute atomic E-state index is 0.0748. The van der Waals surface area contributed by atoms with Crippen LogP contribution in [0.2, 0.25) is 0 Å². The number of nitrogens with one attached hydrogen (secondary N) is 1. The molecule has 24 heavy (non-hydrogen) atoms. The first-order chi connectivity index (χ1) is 11.4. The van der Waals surface area contributed by atoms with Gasteiger partial charge in [0.15, 0.2) is 0 Å². The first-order valence-corrected chi connectivity index (χ1v) is 7.15. The molecule has 0 fully saturated rings. The van der Waals surface area contributed by atoms with Crippen molar-refractivity contribution in [1.29, 1.82) is 0 Å². The number of carboxylic acid groups (broad SMARTS) is 1. The number of hydrogen-bond donors (Lipinski definition) is 1. The zero-order chi connectivity index (χ0) is 17.7. The lowest BCUT2D eigenvalue weighted by Gasteiger charge is -2.04. The molecule has 1 amide bonds. The van der Waals surface area contributed by atoms with Crippen molar-refractivity contribution in [2.24, 2.45) is 0 Å². The smallest absolute Gasteiger partial charge is 0.273 e. The highest BCUT2D eigenvalue weighted by molar-refractivity contribution is 6.04. The fourth-order valence-electron chi connectivity index (χ4n) is 2.09.